The molecule has 1 fully saturated rings. The Balaban J connectivity index is 2.14. The summed E-state index contributed by atoms with van der Waals surface area (Å²) in [5.41, 5.74) is 5.09. The summed E-state index contributed by atoms with van der Waals surface area (Å²) >= 11 is 0. The van der Waals surface area contributed by atoms with Gasteiger partial charge in [-0.25, -0.2) is 4.79 Å². The summed E-state index contributed by atoms with van der Waals surface area (Å²) in [5, 5.41) is 0. The van der Waals surface area contributed by atoms with Gasteiger partial charge in [0, 0.05) is 31.9 Å². The molecule has 4 amide bonds. The Morgan fingerprint density at radius 2 is 1.57 bits per heavy atom. The molecule has 0 N–H and O–H groups in total. The van der Waals surface area contributed by atoms with Crippen molar-refractivity contribution < 1.29 is 14.4 Å². The SMILES string of the molecule is CCN1c2cc(C)c(C=C3C(=O)N(C)C(=O)N(C)C3=O)cc2C(C)=CC1(C)C. The molecule has 3 rings (SSSR count). The van der Waals surface area contributed by atoms with E-state index < -0.39 is 17.8 Å². The van der Waals surface area contributed by atoms with Crippen molar-refractivity contribution in [3.8, 4) is 0 Å². The van der Waals surface area contributed by atoms with E-state index in [1.165, 1.54) is 14.1 Å². The minimum absolute atomic E-state index is 0.00207. The van der Waals surface area contributed by atoms with Crippen LogP contribution in [-0.4, -0.2) is 53.8 Å². The van der Waals surface area contributed by atoms with Gasteiger partial charge < -0.3 is 4.90 Å². The fourth-order valence-corrected chi connectivity index (χ4v) is 4.11. The number of hydrogen-bond donors (Lipinski definition) is 0. The minimum Gasteiger partial charge on any atom is -0.363 e. The van der Waals surface area contributed by atoms with Crippen molar-refractivity contribution in [3.05, 3.63) is 40.5 Å². The van der Waals surface area contributed by atoms with Crippen molar-refractivity contribution >= 4 is 35.2 Å². The van der Waals surface area contributed by atoms with Crippen LogP contribution in [0.25, 0.3) is 11.6 Å². The molecule has 0 spiro atoms. The van der Waals surface area contributed by atoms with Crippen molar-refractivity contribution in [2.75, 3.05) is 25.5 Å². The molecule has 0 bridgehead atoms. The number of fused-ring (bicyclic) bond motifs is 1. The molecule has 2 aliphatic rings. The molecule has 0 saturated carbocycles. The molecule has 1 saturated heterocycles. The monoisotopic (exact) mass is 381 g/mol. The molecule has 1 aromatic rings. The number of aryl methyl sites for hydroxylation is 1. The number of amides is 4. The molecule has 0 radical (unpaired) electrons. The molecule has 28 heavy (non-hydrogen) atoms. The highest BCUT2D eigenvalue weighted by molar-refractivity contribution is 6.30. The summed E-state index contributed by atoms with van der Waals surface area (Å²) in [7, 11) is 2.77. The number of carbonyl (C=O) groups is 3. The number of imide groups is 2. The van der Waals surface area contributed by atoms with E-state index in [-0.39, 0.29) is 11.1 Å². The van der Waals surface area contributed by atoms with E-state index in [1.54, 1.807) is 6.08 Å². The zero-order valence-corrected chi connectivity index (χ0v) is 17.6. The second-order valence-electron chi connectivity index (χ2n) is 8.02. The lowest BCUT2D eigenvalue weighted by atomic mass is 9.86. The van der Waals surface area contributed by atoms with Gasteiger partial charge in [0.1, 0.15) is 5.57 Å². The topological polar surface area (TPSA) is 60.9 Å². The smallest absolute Gasteiger partial charge is 0.333 e. The van der Waals surface area contributed by atoms with Crippen molar-refractivity contribution in [1.29, 1.82) is 0 Å². The van der Waals surface area contributed by atoms with Gasteiger partial charge in [-0.15, -0.1) is 0 Å². The molecule has 1 aromatic carbocycles. The number of likely N-dealkylation sites (N-methyl/N-ethyl adjacent to an activating group) is 3. The maximum Gasteiger partial charge on any atom is 0.333 e. The Kier molecular flexibility index (Phi) is 4.69. The Morgan fingerprint density at radius 1 is 1.00 bits per heavy atom. The fourth-order valence-electron chi connectivity index (χ4n) is 4.11. The van der Waals surface area contributed by atoms with Crippen molar-refractivity contribution in [3.63, 3.8) is 0 Å². The van der Waals surface area contributed by atoms with Crippen LogP contribution < -0.4 is 4.90 Å². The van der Waals surface area contributed by atoms with Crippen LogP contribution >= 0.6 is 0 Å². The lowest BCUT2D eigenvalue weighted by Crippen LogP contribution is -2.52. The van der Waals surface area contributed by atoms with Crippen LogP contribution in [0.1, 0.15) is 44.4 Å². The van der Waals surface area contributed by atoms with Gasteiger partial charge in [-0.05, 0) is 69.5 Å². The molecule has 6 heteroatoms. The van der Waals surface area contributed by atoms with Crippen LogP contribution in [0.2, 0.25) is 0 Å². The second kappa shape index (κ2) is 6.62. The van der Waals surface area contributed by atoms with E-state index in [2.05, 4.69) is 44.7 Å². The van der Waals surface area contributed by atoms with Gasteiger partial charge in [0.25, 0.3) is 11.8 Å². The summed E-state index contributed by atoms with van der Waals surface area (Å²) in [6.07, 6.45) is 3.84. The summed E-state index contributed by atoms with van der Waals surface area (Å²) < 4.78 is 0. The number of nitrogens with zero attached hydrogens (tertiary/aromatic N) is 3. The maximum atomic E-state index is 12.5. The van der Waals surface area contributed by atoms with Gasteiger partial charge in [-0.2, -0.15) is 0 Å². The number of barbiturate groups is 1. The highest BCUT2D eigenvalue weighted by Gasteiger charge is 2.38. The minimum atomic E-state index is -0.617. The first-order valence-electron chi connectivity index (χ1n) is 9.43. The third-order valence-electron chi connectivity index (χ3n) is 5.63. The van der Waals surface area contributed by atoms with E-state index in [0.717, 1.165) is 44.3 Å². The van der Waals surface area contributed by atoms with E-state index >= 15 is 0 Å². The van der Waals surface area contributed by atoms with E-state index in [9.17, 15) is 14.4 Å². The predicted octanol–water partition coefficient (Wildman–Crippen LogP) is 3.45. The van der Waals surface area contributed by atoms with Crippen molar-refractivity contribution in [2.45, 2.75) is 40.2 Å². The van der Waals surface area contributed by atoms with Crippen LogP contribution in [-0.2, 0) is 9.59 Å². The van der Waals surface area contributed by atoms with Crippen LogP contribution in [0.4, 0.5) is 10.5 Å². The standard InChI is InChI=1S/C22H27N3O3/c1-8-25-18-9-13(2)15(10-16(18)14(3)12-22(25,4)5)11-17-19(26)23(6)21(28)24(7)20(17)27/h9-12H,8H2,1-7H3. The molecule has 2 heterocycles. The zero-order valence-electron chi connectivity index (χ0n) is 17.6. The van der Waals surface area contributed by atoms with Gasteiger partial charge >= 0.3 is 6.03 Å². The van der Waals surface area contributed by atoms with Gasteiger partial charge in [-0.3, -0.25) is 19.4 Å². The normalized spacial score (nSPS) is 19.1. The first kappa shape index (κ1) is 19.9. The molecule has 0 aromatic heterocycles. The lowest BCUT2D eigenvalue weighted by Gasteiger charge is -2.43. The third kappa shape index (κ3) is 2.93. The van der Waals surface area contributed by atoms with Gasteiger partial charge in [0.2, 0.25) is 0 Å². The molecular formula is C22H27N3O3. The van der Waals surface area contributed by atoms with E-state index in [1.807, 2.05) is 13.0 Å². The van der Waals surface area contributed by atoms with Gasteiger partial charge in [-0.1, -0.05) is 6.08 Å². The first-order chi connectivity index (χ1) is 13.0. The summed E-state index contributed by atoms with van der Waals surface area (Å²) in [4.78, 5) is 41.2. The molecule has 2 aliphatic heterocycles. The highest BCUT2D eigenvalue weighted by atomic mass is 16.2. The Morgan fingerprint density at radius 3 is 2.11 bits per heavy atom. The number of benzene rings is 1. The third-order valence-corrected chi connectivity index (χ3v) is 5.63. The summed E-state index contributed by atoms with van der Waals surface area (Å²) in [5.74, 6) is -1.15. The van der Waals surface area contributed by atoms with Crippen molar-refractivity contribution in [1.82, 2.24) is 9.80 Å². The molecule has 0 unspecified atom stereocenters. The van der Waals surface area contributed by atoms with Crippen molar-refractivity contribution in [2.24, 2.45) is 0 Å². The first-order valence-corrected chi connectivity index (χ1v) is 9.43. The second-order valence-corrected chi connectivity index (χ2v) is 8.02. The average Bonchev–Trinajstić information content (AvgIpc) is 2.62. The summed E-state index contributed by atoms with van der Waals surface area (Å²) in [6, 6.07) is 3.52. The average molecular weight is 381 g/mol. The molecule has 148 valence electrons. The largest absolute Gasteiger partial charge is 0.363 e. The molecule has 0 atom stereocenters. The van der Waals surface area contributed by atoms with E-state index in [4.69, 9.17) is 0 Å². The fraction of sp³-hybridized carbons (Fsp3) is 0.409. The van der Waals surface area contributed by atoms with Gasteiger partial charge in [0.05, 0.1) is 5.54 Å². The number of carbonyl (C=O) groups excluding carboxylic acids is 3. The highest BCUT2D eigenvalue weighted by Crippen LogP contribution is 2.40. The maximum absolute atomic E-state index is 12.5. The van der Waals surface area contributed by atoms with Crippen LogP contribution in [0.3, 0.4) is 0 Å². The predicted molar refractivity (Wildman–Crippen MR) is 111 cm³/mol. The molecule has 0 aliphatic carbocycles. The summed E-state index contributed by atoms with van der Waals surface area (Å²) in [6.45, 7) is 11.4. The Bertz CT molecular complexity index is 930. The Hall–Kier alpha value is -2.89. The van der Waals surface area contributed by atoms with E-state index in [0.29, 0.717) is 0 Å². The number of hydrogen-bond acceptors (Lipinski definition) is 4. The number of anilines is 1. The molecule has 6 nitrogen and oxygen atoms in total. The molecular weight excluding hydrogens is 354 g/mol. The van der Waals surface area contributed by atoms with Crippen LogP contribution in [0.15, 0.2) is 23.8 Å². The quantitative estimate of drug-likeness (QED) is 0.581. The van der Waals surface area contributed by atoms with Crippen LogP contribution in [0.5, 0.6) is 0 Å². The Labute approximate surface area is 166 Å². The number of allylic oxidation sites excluding steroid dienone is 1. The zero-order chi connectivity index (χ0) is 21.0. The van der Waals surface area contributed by atoms with Gasteiger partial charge in [0.15, 0.2) is 0 Å². The lowest BCUT2D eigenvalue weighted by molar-refractivity contribution is -0.134. The number of urea groups is 1. The number of rotatable bonds is 2. The van der Waals surface area contributed by atoms with Crippen LogP contribution in [0, 0.1) is 6.92 Å².